The average molecular weight is 320 g/mol. The van der Waals surface area contributed by atoms with E-state index in [1.165, 1.54) is 4.90 Å². The maximum absolute atomic E-state index is 13.6. The molecule has 1 aliphatic rings. The van der Waals surface area contributed by atoms with Crippen molar-refractivity contribution in [1.29, 1.82) is 0 Å². The van der Waals surface area contributed by atoms with Gasteiger partial charge in [0.25, 0.3) is 0 Å². The number of carbonyl (C=O) groups excluding carboxylic acids is 2. The van der Waals surface area contributed by atoms with Gasteiger partial charge < -0.3 is 5.32 Å². The maximum atomic E-state index is 13.6. The smallest absolute Gasteiger partial charge is 0.244 e. The van der Waals surface area contributed by atoms with Gasteiger partial charge in [0.2, 0.25) is 11.8 Å². The van der Waals surface area contributed by atoms with Gasteiger partial charge in [-0.25, -0.2) is 13.5 Å². The minimum Gasteiger partial charge on any atom is -0.322 e. The van der Waals surface area contributed by atoms with E-state index in [9.17, 15) is 18.4 Å². The highest BCUT2D eigenvalue weighted by Crippen LogP contribution is 2.22. The van der Waals surface area contributed by atoms with Crippen LogP contribution in [0.1, 0.15) is 12.1 Å². The lowest BCUT2D eigenvalue weighted by Crippen LogP contribution is -2.42. The molecule has 0 fully saturated rings. The van der Waals surface area contributed by atoms with Crippen LogP contribution in [0, 0.1) is 18.6 Å². The highest BCUT2D eigenvalue weighted by Gasteiger charge is 2.27. The third kappa shape index (κ3) is 3.05. The molecule has 1 aromatic carbocycles. The van der Waals surface area contributed by atoms with Crippen molar-refractivity contribution in [1.82, 2.24) is 9.78 Å². The first-order chi connectivity index (χ1) is 10.9. The number of nitrogens with one attached hydrogen (secondary N) is 1. The molecule has 0 spiro atoms. The van der Waals surface area contributed by atoms with Crippen molar-refractivity contribution in [2.24, 2.45) is 0 Å². The summed E-state index contributed by atoms with van der Waals surface area (Å²) in [4.78, 5) is 25.4. The molecule has 1 aliphatic heterocycles. The van der Waals surface area contributed by atoms with Crippen LogP contribution in [0.25, 0.3) is 0 Å². The monoisotopic (exact) mass is 320 g/mol. The Kier molecular flexibility index (Phi) is 3.81. The minimum atomic E-state index is -0.871. The maximum Gasteiger partial charge on any atom is 0.244 e. The van der Waals surface area contributed by atoms with Gasteiger partial charge >= 0.3 is 0 Å². The van der Waals surface area contributed by atoms with E-state index < -0.39 is 17.5 Å². The second-order valence-corrected chi connectivity index (χ2v) is 5.27. The van der Waals surface area contributed by atoms with E-state index in [2.05, 4.69) is 10.4 Å². The molecular weight excluding hydrogens is 306 g/mol. The van der Waals surface area contributed by atoms with E-state index in [-0.39, 0.29) is 24.6 Å². The van der Waals surface area contributed by atoms with E-state index in [0.29, 0.717) is 18.4 Å². The molecule has 2 amide bonds. The van der Waals surface area contributed by atoms with Crippen molar-refractivity contribution in [3.8, 4) is 0 Å². The van der Waals surface area contributed by atoms with Crippen molar-refractivity contribution >= 4 is 23.3 Å². The molecule has 0 unspecified atom stereocenters. The van der Waals surface area contributed by atoms with Crippen LogP contribution in [0.2, 0.25) is 0 Å². The predicted molar refractivity (Wildman–Crippen MR) is 78.9 cm³/mol. The molecule has 0 saturated carbocycles. The van der Waals surface area contributed by atoms with E-state index in [1.807, 2.05) is 0 Å². The van der Waals surface area contributed by atoms with Crippen molar-refractivity contribution in [2.75, 3.05) is 16.8 Å². The van der Waals surface area contributed by atoms with Crippen LogP contribution in [0.5, 0.6) is 0 Å². The number of fused-ring (bicyclic) bond motifs is 1. The van der Waals surface area contributed by atoms with Crippen LogP contribution in [0.4, 0.5) is 20.3 Å². The molecule has 1 aromatic heterocycles. The Morgan fingerprint density at radius 2 is 2.13 bits per heavy atom. The van der Waals surface area contributed by atoms with Crippen molar-refractivity contribution in [3.63, 3.8) is 0 Å². The molecule has 0 atom stereocenters. The molecule has 0 saturated heterocycles. The van der Waals surface area contributed by atoms with E-state index in [0.717, 1.165) is 17.8 Å². The summed E-state index contributed by atoms with van der Waals surface area (Å²) < 4.78 is 28.1. The largest absolute Gasteiger partial charge is 0.322 e. The van der Waals surface area contributed by atoms with Crippen LogP contribution in [0.15, 0.2) is 24.3 Å². The number of anilines is 2. The minimum absolute atomic E-state index is 0.134. The highest BCUT2D eigenvalue weighted by atomic mass is 19.1. The van der Waals surface area contributed by atoms with E-state index >= 15 is 0 Å². The number of nitrogens with zero attached hydrogens (tertiary/aromatic N) is 3. The molecule has 8 heteroatoms. The normalized spacial score (nSPS) is 13.9. The van der Waals surface area contributed by atoms with Crippen LogP contribution in [0.3, 0.4) is 0 Å². The molecule has 6 nitrogen and oxygen atoms in total. The van der Waals surface area contributed by atoms with Gasteiger partial charge in [-0.15, -0.1) is 0 Å². The lowest BCUT2D eigenvalue weighted by molar-refractivity contribution is -0.122. The van der Waals surface area contributed by atoms with Gasteiger partial charge in [-0.05, 0) is 19.1 Å². The summed E-state index contributed by atoms with van der Waals surface area (Å²) in [5.74, 6) is -1.84. The van der Waals surface area contributed by atoms with Crippen LogP contribution < -0.4 is 10.2 Å². The Labute approximate surface area is 130 Å². The zero-order chi connectivity index (χ0) is 16.6. The number of rotatable bonds is 3. The van der Waals surface area contributed by atoms with Crippen molar-refractivity contribution < 1.29 is 18.4 Å². The summed E-state index contributed by atoms with van der Waals surface area (Å²) in [5, 5.41) is 6.58. The fraction of sp³-hybridized carbons (Fsp3) is 0.267. The van der Waals surface area contributed by atoms with Gasteiger partial charge in [0.1, 0.15) is 24.0 Å². The first-order valence-corrected chi connectivity index (χ1v) is 7.04. The SMILES string of the molecule is Cc1cc2n(n1)CCC(=O)N2CC(=O)Nc1ccc(F)cc1F. The lowest BCUT2D eigenvalue weighted by Gasteiger charge is -2.26. The average Bonchev–Trinajstić information content (AvgIpc) is 2.86. The zero-order valence-corrected chi connectivity index (χ0v) is 12.3. The molecular formula is C15H14F2N4O2. The topological polar surface area (TPSA) is 67.2 Å². The van der Waals surface area contributed by atoms with Gasteiger partial charge in [0.05, 0.1) is 17.9 Å². The summed E-state index contributed by atoms with van der Waals surface area (Å²) in [5.41, 5.74) is 0.607. The zero-order valence-electron chi connectivity index (χ0n) is 12.3. The third-order valence-electron chi connectivity index (χ3n) is 3.50. The Bertz CT molecular complexity index is 788. The van der Waals surface area contributed by atoms with Gasteiger partial charge in [0, 0.05) is 18.6 Å². The van der Waals surface area contributed by atoms with E-state index in [4.69, 9.17) is 0 Å². The Morgan fingerprint density at radius 3 is 2.87 bits per heavy atom. The van der Waals surface area contributed by atoms with Gasteiger partial charge in [-0.2, -0.15) is 5.10 Å². The fourth-order valence-electron chi connectivity index (χ4n) is 2.47. The second-order valence-electron chi connectivity index (χ2n) is 5.27. The van der Waals surface area contributed by atoms with Gasteiger partial charge in [-0.3, -0.25) is 14.5 Å². The standard InChI is InChI=1S/C15H14F2N4O2/c1-9-6-14-20(15(23)4-5-21(14)19-9)8-13(22)18-12-3-2-10(16)7-11(12)17/h2-3,6-7H,4-5,8H2,1H3,(H,18,22). The molecule has 0 bridgehead atoms. The molecule has 0 radical (unpaired) electrons. The fourth-order valence-corrected chi connectivity index (χ4v) is 2.47. The number of hydrogen-bond acceptors (Lipinski definition) is 3. The molecule has 2 aromatic rings. The number of carbonyl (C=O) groups is 2. The molecule has 120 valence electrons. The summed E-state index contributed by atoms with van der Waals surface area (Å²) in [6.45, 7) is 2.00. The third-order valence-corrected chi connectivity index (χ3v) is 3.50. The number of halogens is 2. The predicted octanol–water partition coefficient (Wildman–Crippen LogP) is 1.85. The molecule has 2 heterocycles. The quantitative estimate of drug-likeness (QED) is 0.938. The van der Waals surface area contributed by atoms with Crippen LogP contribution in [-0.4, -0.2) is 28.1 Å². The summed E-state index contributed by atoms with van der Waals surface area (Å²) in [7, 11) is 0. The van der Waals surface area contributed by atoms with Gasteiger partial charge in [0.15, 0.2) is 0 Å². The first kappa shape index (κ1) is 15.1. The first-order valence-electron chi connectivity index (χ1n) is 7.04. The summed E-state index contributed by atoms with van der Waals surface area (Å²) >= 11 is 0. The summed E-state index contributed by atoms with van der Waals surface area (Å²) in [6.07, 6.45) is 0.242. The number of amides is 2. The molecule has 1 N–H and O–H groups in total. The number of aryl methyl sites for hydroxylation is 2. The molecule has 23 heavy (non-hydrogen) atoms. The second kappa shape index (κ2) is 5.79. The lowest BCUT2D eigenvalue weighted by atomic mass is 10.2. The van der Waals surface area contributed by atoms with Crippen LogP contribution >= 0.6 is 0 Å². The van der Waals surface area contributed by atoms with Crippen molar-refractivity contribution in [3.05, 3.63) is 41.6 Å². The molecule has 3 rings (SSSR count). The van der Waals surface area contributed by atoms with Crippen LogP contribution in [-0.2, 0) is 16.1 Å². The highest BCUT2D eigenvalue weighted by molar-refractivity contribution is 6.02. The molecule has 0 aliphatic carbocycles. The summed E-state index contributed by atoms with van der Waals surface area (Å²) in [6, 6.07) is 4.57. The van der Waals surface area contributed by atoms with Gasteiger partial charge in [-0.1, -0.05) is 0 Å². The Balaban J connectivity index is 1.76. The number of aromatic nitrogens is 2. The number of hydrogen-bond donors (Lipinski definition) is 1. The number of benzene rings is 1. The Morgan fingerprint density at radius 1 is 1.35 bits per heavy atom. The Hall–Kier alpha value is -2.77. The van der Waals surface area contributed by atoms with Crippen molar-refractivity contribution in [2.45, 2.75) is 19.9 Å². The van der Waals surface area contributed by atoms with E-state index in [1.54, 1.807) is 17.7 Å².